The topological polar surface area (TPSA) is 57.1 Å². The molecule has 0 N–H and O–H groups in total. The molecule has 5 nitrogen and oxygen atoms in total. The van der Waals surface area contributed by atoms with E-state index in [4.69, 9.17) is 14.3 Å². The molecular formula is C24H17FINO4. The van der Waals surface area contributed by atoms with Gasteiger partial charge in [-0.05, 0) is 52.4 Å². The van der Waals surface area contributed by atoms with Gasteiger partial charge in [0.2, 0.25) is 0 Å². The van der Waals surface area contributed by atoms with E-state index in [1.807, 2.05) is 36.4 Å². The zero-order valence-corrected chi connectivity index (χ0v) is 18.6. The number of benzene rings is 3. The average Bonchev–Trinajstić information content (AvgIpc) is 3.14. The van der Waals surface area contributed by atoms with Crippen molar-refractivity contribution in [1.29, 1.82) is 0 Å². The van der Waals surface area contributed by atoms with Crippen LogP contribution in [-0.2, 0) is 16.2 Å². The maximum Gasteiger partial charge on any atom is 0.368 e. The molecule has 1 heterocycles. The summed E-state index contributed by atoms with van der Waals surface area (Å²) in [6, 6.07) is 19.4. The van der Waals surface area contributed by atoms with E-state index >= 15 is 0 Å². The Morgan fingerprint density at radius 2 is 1.84 bits per heavy atom. The third-order valence-corrected chi connectivity index (χ3v) is 5.44. The van der Waals surface area contributed by atoms with Crippen LogP contribution in [-0.4, -0.2) is 18.8 Å². The molecule has 156 valence electrons. The van der Waals surface area contributed by atoms with Crippen molar-refractivity contribution in [3.63, 3.8) is 0 Å². The number of rotatable bonds is 6. The van der Waals surface area contributed by atoms with Crippen molar-refractivity contribution in [3.05, 3.63) is 98.4 Å². The monoisotopic (exact) mass is 529 g/mol. The summed E-state index contributed by atoms with van der Waals surface area (Å²) in [5.74, 6) is 0.122. The molecule has 0 aliphatic carbocycles. The molecular weight excluding hydrogens is 512 g/mol. The SMILES string of the molecule is COc1cc(/C=C2\C(=O)ON=C2c2ccccc2)cc(I)c1OCc1ccccc1F. The normalized spacial score (nSPS) is 14.4. The molecule has 0 atom stereocenters. The summed E-state index contributed by atoms with van der Waals surface area (Å²) in [6.07, 6.45) is 1.70. The van der Waals surface area contributed by atoms with Crippen molar-refractivity contribution in [3.8, 4) is 11.5 Å². The number of hydrogen-bond acceptors (Lipinski definition) is 5. The molecule has 0 fully saturated rings. The Kier molecular flexibility index (Phi) is 6.31. The van der Waals surface area contributed by atoms with Gasteiger partial charge in [-0.15, -0.1) is 0 Å². The van der Waals surface area contributed by atoms with Gasteiger partial charge >= 0.3 is 5.97 Å². The first-order valence-electron chi connectivity index (χ1n) is 9.37. The summed E-state index contributed by atoms with van der Waals surface area (Å²) in [5, 5.41) is 3.92. The van der Waals surface area contributed by atoms with E-state index < -0.39 is 5.97 Å². The Balaban J connectivity index is 1.64. The van der Waals surface area contributed by atoms with E-state index in [-0.39, 0.29) is 12.4 Å². The quantitative estimate of drug-likeness (QED) is 0.245. The number of nitrogens with zero attached hydrogens (tertiary/aromatic N) is 1. The minimum Gasteiger partial charge on any atom is -0.493 e. The van der Waals surface area contributed by atoms with Gasteiger partial charge in [0.15, 0.2) is 11.5 Å². The van der Waals surface area contributed by atoms with Crippen LogP contribution in [0.5, 0.6) is 11.5 Å². The van der Waals surface area contributed by atoms with Crippen molar-refractivity contribution in [2.24, 2.45) is 5.16 Å². The summed E-state index contributed by atoms with van der Waals surface area (Å²) in [5.41, 5.74) is 2.77. The molecule has 31 heavy (non-hydrogen) atoms. The predicted molar refractivity (Wildman–Crippen MR) is 123 cm³/mol. The molecule has 0 unspecified atom stereocenters. The van der Waals surface area contributed by atoms with Crippen LogP contribution in [0.2, 0.25) is 0 Å². The highest BCUT2D eigenvalue weighted by Crippen LogP contribution is 2.36. The molecule has 1 aliphatic rings. The molecule has 0 saturated heterocycles. The molecule has 0 amide bonds. The van der Waals surface area contributed by atoms with Gasteiger partial charge in [-0.1, -0.05) is 53.7 Å². The summed E-state index contributed by atoms with van der Waals surface area (Å²) in [4.78, 5) is 17.2. The van der Waals surface area contributed by atoms with Gasteiger partial charge in [0.25, 0.3) is 0 Å². The maximum absolute atomic E-state index is 13.9. The molecule has 1 aliphatic heterocycles. The standard InChI is InChI=1S/C24H17FINO4/c1-29-21-13-15(11-18-22(27-31-24(18)28)16-7-3-2-4-8-16)12-20(26)23(21)30-14-17-9-5-6-10-19(17)25/h2-13H,14H2,1H3/b18-11-. The fraction of sp³-hybridized carbons (Fsp3) is 0.0833. The van der Waals surface area contributed by atoms with E-state index in [0.29, 0.717) is 28.3 Å². The molecule has 0 spiro atoms. The first-order valence-corrected chi connectivity index (χ1v) is 10.4. The zero-order valence-electron chi connectivity index (χ0n) is 16.5. The van der Waals surface area contributed by atoms with E-state index in [9.17, 15) is 9.18 Å². The number of ether oxygens (including phenoxy) is 2. The lowest BCUT2D eigenvalue weighted by Gasteiger charge is -2.14. The molecule has 0 bridgehead atoms. The first kappa shape index (κ1) is 21.0. The second-order valence-corrected chi connectivity index (χ2v) is 7.82. The van der Waals surface area contributed by atoms with Crippen molar-refractivity contribution in [2.75, 3.05) is 7.11 Å². The molecule has 3 aromatic rings. The van der Waals surface area contributed by atoms with Crippen LogP contribution in [0.1, 0.15) is 16.7 Å². The van der Waals surface area contributed by atoms with Crippen LogP contribution in [0.3, 0.4) is 0 Å². The van der Waals surface area contributed by atoms with Gasteiger partial charge in [0.05, 0.1) is 16.3 Å². The van der Waals surface area contributed by atoms with Crippen LogP contribution < -0.4 is 9.47 Å². The summed E-state index contributed by atoms with van der Waals surface area (Å²) >= 11 is 2.12. The average molecular weight is 529 g/mol. The van der Waals surface area contributed by atoms with Gasteiger partial charge in [0, 0.05) is 11.1 Å². The number of oxime groups is 1. The van der Waals surface area contributed by atoms with Crippen molar-refractivity contribution in [2.45, 2.75) is 6.61 Å². The van der Waals surface area contributed by atoms with Gasteiger partial charge in [0.1, 0.15) is 18.1 Å². The lowest BCUT2D eigenvalue weighted by atomic mass is 10.0. The molecule has 4 rings (SSSR count). The third-order valence-electron chi connectivity index (χ3n) is 4.63. The lowest BCUT2D eigenvalue weighted by Crippen LogP contribution is -2.07. The van der Waals surface area contributed by atoms with Crippen molar-refractivity contribution in [1.82, 2.24) is 0 Å². The van der Waals surface area contributed by atoms with Gasteiger partial charge in [-0.25, -0.2) is 9.18 Å². The fourth-order valence-corrected chi connectivity index (χ4v) is 3.89. The molecule has 0 saturated carbocycles. The third kappa shape index (κ3) is 4.61. The lowest BCUT2D eigenvalue weighted by molar-refractivity contribution is -0.136. The molecule has 0 aromatic heterocycles. The minimum absolute atomic E-state index is 0.0661. The summed E-state index contributed by atoms with van der Waals surface area (Å²) in [6.45, 7) is 0.0661. The number of methoxy groups -OCH3 is 1. The molecule has 0 radical (unpaired) electrons. The first-order chi connectivity index (χ1) is 15.1. The second-order valence-electron chi connectivity index (χ2n) is 6.66. The predicted octanol–water partition coefficient (Wildman–Crippen LogP) is 5.36. The number of carbonyl (C=O) groups is 1. The van der Waals surface area contributed by atoms with Gasteiger partial charge in [-0.2, -0.15) is 0 Å². The zero-order chi connectivity index (χ0) is 21.8. The van der Waals surface area contributed by atoms with E-state index in [2.05, 4.69) is 27.7 Å². The fourth-order valence-electron chi connectivity index (χ4n) is 3.11. The van der Waals surface area contributed by atoms with Crippen LogP contribution >= 0.6 is 22.6 Å². The Bertz CT molecular complexity index is 1190. The molecule has 7 heteroatoms. The highest BCUT2D eigenvalue weighted by atomic mass is 127. The van der Waals surface area contributed by atoms with Gasteiger partial charge in [-0.3, -0.25) is 0 Å². The van der Waals surface area contributed by atoms with Crippen LogP contribution in [0.15, 0.2) is 77.5 Å². The van der Waals surface area contributed by atoms with E-state index in [0.717, 1.165) is 14.7 Å². The summed E-state index contributed by atoms with van der Waals surface area (Å²) in [7, 11) is 1.53. The number of halogens is 2. The Morgan fingerprint density at radius 1 is 1.10 bits per heavy atom. The Morgan fingerprint density at radius 3 is 2.58 bits per heavy atom. The van der Waals surface area contributed by atoms with Crippen molar-refractivity contribution >= 4 is 40.3 Å². The number of hydrogen-bond donors (Lipinski definition) is 0. The second kappa shape index (κ2) is 9.30. The molecule has 3 aromatic carbocycles. The Hall–Kier alpha value is -3.20. The van der Waals surface area contributed by atoms with Gasteiger partial charge < -0.3 is 14.3 Å². The highest BCUT2D eigenvalue weighted by Gasteiger charge is 2.27. The van der Waals surface area contributed by atoms with E-state index in [1.165, 1.54) is 13.2 Å². The minimum atomic E-state index is -0.521. The Labute approximate surface area is 192 Å². The number of carbonyl (C=O) groups excluding carboxylic acids is 1. The maximum atomic E-state index is 13.9. The highest BCUT2D eigenvalue weighted by molar-refractivity contribution is 14.1. The van der Waals surface area contributed by atoms with Crippen LogP contribution in [0.4, 0.5) is 4.39 Å². The van der Waals surface area contributed by atoms with Crippen LogP contribution in [0, 0.1) is 9.39 Å². The summed E-state index contributed by atoms with van der Waals surface area (Å²) < 4.78 is 26.0. The smallest absolute Gasteiger partial charge is 0.368 e. The van der Waals surface area contributed by atoms with E-state index in [1.54, 1.807) is 30.3 Å². The largest absolute Gasteiger partial charge is 0.493 e. The van der Waals surface area contributed by atoms with Crippen LogP contribution in [0.25, 0.3) is 6.08 Å². The van der Waals surface area contributed by atoms with Crippen molar-refractivity contribution < 1.29 is 23.5 Å².